The number of ketones is 1. The number of aliphatic hydroxyl groups excluding tert-OH is 2. The summed E-state index contributed by atoms with van der Waals surface area (Å²) in [7, 11) is 1.77. The van der Waals surface area contributed by atoms with Crippen LogP contribution < -0.4 is 0 Å². The van der Waals surface area contributed by atoms with Gasteiger partial charge in [-0.3, -0.25) is 4.79 Å². The molecule has 0 aliphatic heterocycles. The third-order valence-corrected chi connectivity index (χ3v) is 8.80. The second-order valence-corrected chi connectivity index (χ2v) is 10.6. The number of carbonyl (C=O) groups excluding carboxylic acids is 1. The first kappa shape index (κ1) is 22.0. The van der Waals surface area contributed by atoms with Gasteiger partial charge >= 0.3 is 0 Å². The Morgan fingerprint density at radius 2 is 2.10 bits per heavy atom. The molecule has 4 rings (SSSR count). The van der Waals surface area contributed by atoms with E-state index in [4.69, 9.17) is 4.74 Å². The minimum absolute atomic E-state index is 0.0616. The van der Waals surface area contributed by atoms with Crippen LogP contribution in [0.5, 0.6) is 0 Å². The van der Waals surface area contributed by atoms with Gasteiger partial charge in [-0.1, -0.05) is 36.3 Å². The predicted molar refractivity (Wildman–Crippen MR) is 118 cm³/mol. The number of rotatable bonds is 4. The molecule has 0 saturated heterocycles. The molecular weight excluding hydrogens is 376 g/mol. The van der Waals surface area contributed by atoms with Crippen molar-refractivity contribution in [2.75, 3.05) is 7.11 Å². The Hall–Kier alpha value is -1.23. The van der Waals surface area contributed by atoms with Gasteiger partial charge in [-0.2, -0.15) is 0 Å². The molecule has 0 amide bonds. The number of hydrogen-bond donors (Lipinski definition) is 2. The molecule has 2 fully saturated rings. The minimum atomic E-state index is -0.493. The molecule has 2 N–H and O–H groups in total. The van der Waals surface area contributed by atoms with Crippen molar-refractivity contribution in [2.45, 2.75) is 83.5 Å². The van der Waals surface area contributed by atoms with E-state index < -0.39 is 11.7 Å². The fraction of sp³-hybridized carbons (Fsp3) is 0.731. The molecule has 8 atom stereocenters. The average molecular weight is 415 g/mol. The highest BCUT2D eigenvalue weighted by molar-refractivity contribution is 5.93. The Morgan fingerprint density at radius 1 is 1.33 bits per heavy atom. The Kier molecular flexibility index (Phi) is 5.89. The van der Waals surface area contributed by atoms with Gasteiger partial charge in [-0.15, -0.1) is 0 Å². The second-order valence-electron chi connectivity index (χ2n) is 10.6. The van der Waals surface area contributed by atoms with Crippen molar-refractivity contribution in [2.24, 2.45) is 29.1 Å². The highest BCUT2D eigenvalue weighted by Gasteiger charge is 2.57. The molecule has 4 aliphatic rings. The van der Waals surface area contributed by atoms with Gasteiger partial charge in [0.1, 0.15) is 0 Å². The van der Waals surface area contributed by atoms with Crippen LogP contribution >= 0.6 is 0 Å². The topological polar surface area (TPSA) is 66.8 Å². The summed E-state index contributed by atoms with van der Waals surface area (Å²) < 4.78 is 6.04. The van der Waals surface area contributed by atoms with Crippen LogP contribution in [0.4, 0.5) is 0 Å². The van der Waals surface area contributed by atoms with E-state index in [1.165, 1.54) is 11.1 Å². The molecule has 166 valence electrons. The zero-order valence-corrected chi connectivity index (χ0v) is 18.9. The number of fused-ring (bicyclic) bond motifs is 6. The molecule has 0 heterocycles. The summed E-state index contributed by atoms with van der Waals surface area (Å²) in [6.45, 7) is 6.31. The third kappa shape index (κ3) is 3.65. The normalized spacial score (nSPS) is 41.8. The summed E-state index contributed by atoms with van der Waals surface area (Å²) in [6, 6.07) is 0. The van der Waals surface area contributed by atoms with E-state index in [-0.39, 0.29) is 23.2 Å². The highest BCUT2D eigenvalue weighted by atomic mass is 16.5. The molecule has 4 heteroatoms. The van der Waals surface area contributed by atoms with E-state index in [0.717, 1.165) is 32.1 Å². The van der Waals surface area contributed by atoms with Crippen LogP contribution in [0.2, 0.25) is 0 Å². The Labute approximate surface area is 181 Å². The Balaban J connectivity index is 1.69. The third-order valence-electron chi connectivity index (χ3n) is 8.80. The fourth-order valence-corrected chi connectivity index (χ4v) is 7.14. The van der Waals surface area contributed by atoms with Crippen molar-refractivity contribution in [1.29, 1.82) is 0 Å². The summed E-state index contributed by atoms with van der Waals surface area (Å²) in [6.07, 6.45) is 13.6. The van der Waals surface area contributed by atoms with Crippen molar-refractivity contribution >= 4 is 5.78 Å². The van der Waals surface area contributed by atoms with Crippen LogP contribution in [-0.4, -0.2) is 40.9 Å². The molecule has 4 nitrogen and oxygen atoms in total. The van der Waals surface area contributed by atoms with Crippen molar-refractivity contribution in [1.82, 2.24) is 0 Å². The zero-order chi connectivity index (χ0) is 21.7. The smallest absolute Gasteiger partial charge is 0.159 e. The Morgan fingerprint density at radius 3 is 2.80 bits per heavy atom. The van der Waals surface area contributed by atoms with E-state index in [2.05, 4.69) is 26.0 Å². The minimum Gasteiger partial charge on any atom is -0.393 e. The summed E-state index contributed by atoms with van der Waals surface area (Å²) in [5.74, 6) is 1.26. The lowest BCUT2D eigenvalue weighted by atomic mass is 9.57. The highest BCUT2D eigenvalue weighted by Crippen LogP contribution is 2.63. The molecule has 0 aromatic rings. The maximum atomic E-state index is 13.1. The van der Waals surface area contributed by atoms with Crippen molar-refractivity contribution in [3.63, 3.8) is 0 Å². The van der Waals surface area contributed by atoms with Gasteiger partial charge in [0.2, 0.25) is 0 Å². The van der Waals surface area contributed by atoms with Crippen molar-refractivity contribution < 1.29 is 19.7 Å². The largest absolute Gasteiger partial charge is 0.393 e. The first-order valence-electron chi connectivity index (χ1n) is 11.7. The monoisotopic (exact) mass is 414 g/mol. The quantitative estimate of drug-likeness (QED) is 0.671. The number of carbonyl (C=O) groups is 1. The SMILES string of the molecule is CO[C@@](C)(/C=C/[C@H](C)O)[C@H]1CC[C@H]2C3=CC(=O)[C@@H]4CC(=CC[C@H](O)C4)[C@H]3CC[C@@]21C. The summed E-state index contributed by atoms with van der Waals surface area (Å²) in [5, 5.41) is 20.0. The van der Waals surface area contributed by atoms with Crippen molar-refractivity contribution in [3.05, 3.63) is 35.5 Å². The van der Waals surface area contributed by atoms with Crippen LogP contribution in [0.1, 0.15) is 65.7 Å². The molecular formula is C26H38O4. The standard InChI is InChI=1S/C26H38O4/c1-16(27)9-12-26(3,30-4)24-8-7-22-21-15-23(29)18-13-17(5-6-19(28)14-18)20(21)10-11-25(22,24)2/h5,9,12,15-16,18-20,22,24,27-28H,6-8,10-11,13-14H2,1-4H3/b12-9+/t16-,18+,19-,20+,22-,24-,25-,26-/m0/s1. The lowest BCUT2D eigenvalue weighted by molar-refractivity contribution is -0.119. The zero-order valence-electron chi connectivity index (χ0n) is 18.9. The van der Waals surface area contributed by atoms with E-state index >= 15 is 0 Å². The number of aliphatic hydroxyl groups is 2. The van der Waals surface area contributed by atoms with Crippen LogP contribution in [0.25, 0.3) is 0 Å². The first-order valence-corrected chi connectivity index (χ1v) is 11.7. The van der Waals surface area contributed by atoms with Gasteiger partial charge < -0.3 is 14.9 Å². The lowest BCUT2D eigenvalue weighted by Crippen LogP contribution is -2.46. The molecule has 2 saturated carbocycles. The molecule has 0 spiro atoms. The maximum Gasteiger partial charge on any atom is 0.159 e. The molecule has 0 aromatic heterocycles. The molecule has 0 radical (unpaired) electrons. The number of ether oxygens (including phenoxy) is 1. The van der Waals surface area contributed by atoms with Crippen LogP contribution in [-0.2, 0) is 9.53 Å². The van der Waals surface area contributed by atoms with Crippen LogP contribution in [0.15, 0.2) is 35.5 Å². The molecule has 0 aromatic carbocycles. The van der Waals surface area contributed by atoms with Crippen LogP contribution in [0.3, 0.4) is 0 Å². The second kappa shape index (κ2) is 8.03. The summed E-state index contributed by atoms with van der Waals surface area (Å²) in [4.78, 5) is 13.1. The molecule has 30 heavy (non-hydrogen) atoms. The van der Waals surface area contributed by atoms with Gasteiger partial charge in [0, 0.05) is 18.9 Å². The van der Waals surface area contributed by atoms with Gasteiger partial charge in [0.05, 0.1) is 17.8 Å². The first-order chi connectivity index (χ1) is 14.2. The number of hydrogen-bond acceptors (Lipinski definition) is 4. The number of allylic oxidation sites excluding steroid dienone is 3. The lowest BCUT2D eigenvalue weighted by Gasteiger charge is -2.49. The van der Waals surface area contributed by atoms with E-state index in [1.807, 2.05) is 12.2 Å². The summed E-state index contributed by atoms with van der Waals surface area (Å²) in [5.41, 5.74) is 2.38. The van der Waals surface area contributed by atoms with E-state index in [1.54, 1.807) is 14.0 Å². The van der Waals surface area contributed by atoms with Crippen molar-refractivity contribution in [3.8, 4) is 0 Å². The van der Waals surface area contributed by atoms with Gasteiger partial charge in [-0.25, -0.2) is 0 Å². The molecule has 0 unspecified atom stereocenters. The molecule has 4 aliphatic carbocycles. The van der Waals surface area contributed by atoms with Gasteiger partial charge in [0.15, 0.2) is 5.78 Å². The summed E-state index contributed by atoms with van der Waals surface area (Å²) >= 11 is 0. The predicted octanol–water partition coefficient (Wildman–Crippen LogP) is 4.37. The maximum absolute atomic E-state index is 13.1. The average Bonchev–Trinajstić information content (AvgIpc) is 2.86. The number of methoxy groups -OCH3 is 1. The molecule has 2 bridgehead atoms. The Bertz CT molecular complexity index is 778. The van der Waals surface area contributed by atoms with E-state index in [0.29, 0.717) is 30.6 Å². The van der Waals surface area contributed by atoms with Crippen LogP contribution in [0, 0.1) is 29.1 Å². The van der Waals surface area contributed by atoms with E-state index in [9.17, 15) is 15.0 Å². The van der Waals surface area contributed by atoms with Gasteiger partial charge in [-0.05, 0) is 82.1 Å². The van der Waals surface area contributed by atoms with Gasteiger partial charge in [0.25, 0.3) is 0 Å². The fourth-order valence-electron chi connectivity index (χ4n) is 7.14.